The number of pyridine rings is 1. The van der Waals surface area contributed by atoms with Crippen LogP contribution in [-0.2, 0) is 6.42 Å². The summed E-state index contributed by atoms with van der Waals surface area (Å²) in [5.74, 6) is 0.581. The lowest BCUT2D eigenvalue weighted by Crippen LogP contribution is -2.05. The predicted molar refractivity (Wildman–Crippen MR) is 80.9 cm³/mol. The Balaban J connectivity index is 2.00. The number of rotatable bonds is 3. The van der Waals surface area contributed by atoms with Crippen LogP contribution in [0.1, 0.15) is 17.2 Å². The first-order valence-corrected chi connectivity index (χ1v) is 6.98. The fraction of sp³-hybridized carbons (Fsp3) is 0.0714. The molecule has 6 nitrogen and oxygen atoms in total. The average Bonchev–Trinajstić information content (AvgIpc) is 2.93. The summed E-state index contributed by atoms with van der Waals surface area (Å²) in [5.41, 5.74) is 1.77. The molecule has 0 aliphatic carbocycles. The summed E-state index contributed by atoms with van der Waals surface area (Å²) in [6.45, 7) is 0. The summed E-state index contributed by atoms with van der Waals surface area (Å²) < 4.78 is 1.62. The smallest absolute Gasteiger partial charge is 0.163 e. The summed E-state index contributed by atoms with van der Waals surface area (Å²) in [6.07, 6.45) is 5.05. The highest BCUT2D eigenvalue weighted by molar-refractivity contribution is 6.30. The van der Waals surface area contributed by atoms with Gasteiger partial charge in [-0.2, -0.15) is 10.4 Å². The van der Waals surface area contributed by atoms with Crippen molar-refractivity contribution in [2.75, 3.05) is 0 Å². The van der Waals surface area contributed by atoms with Crippen LogP contribution in [0.2, 0.25) is 10.2 Å². The van der Waals surface area contributed by atoms with E-state index in [4.69, 9.17) is 28.5 Å². The van der Waals surface area contributed by atoms with Crippen molar-refractivity contribution in [3.63, 3.8) is 0 Å². The van der Waals surface area contributed by atoms with Gasteiger partial charge in [0.15, 0.2) is 5.69 Å². The second-order valence-corrected chi connectivity index (χ2v) is 5.20. The van der Waals surface area contributed by atoms with Gasteiger partial charge in [-0.25, -0.2) is 19.6 Å². The summed E-state index contributed by atoms with van der Waals surface area (Å²) in [6, 6.07) is 7.14. The molecule has 0 fully saturated rings. The van der Waals surface area contributed by atoms with Crippen molar-refractivity contribution in [3.05, 3.63) is 64.2 Å². The molecule has 0 atom stereocenters. The molecule has 0 saturated heterocycles. The van der Waals surface area contributed by atoms with Crippen LogP contribution in [0.3, 0.4) is 0 Å². The normalized spacial score (nSPS) is 10.4. The fourth-order valence-corrected chi connectivity index (χ4v) is 2.12. The van der Waals surface area contributed by atoms with Crippen LogP contribution in [0.25, 0.3) is 5.69 Å². The zero-order chi connectivity index (χ0) is 15.5. The van der Waals surface area contributed by atoms with Gasteiger partial charge in [0.1, 0.15) is 17.0 Å². The number of hydrogen-bond donors (Lipinski definition) is 0. The molecule has 0 aromatic carbocycles. The van der Waals surface area contributed by atoms with Gasteiger partial charge in [-0.05, 0) is 18.2 Å². The van der Waals surface area contributed by atoms with Gasteiger partial charge in [-0.3, -0.25) is 0 Å². The van der Waals surface area contributed by atoms with Crippen molar-refractivity contribution in [3.8, 4) is 11.8 Å². The lowest BCUT2D eigenvalue weighted by atomic mass is 10.2. The summed E-state index contributed by atoms with van der Waals surface area (Å²) in [7, 11) is 0. The highest BCUT2D eigenvalue weighted by Gasteiger charge is 2.12. The van der Waals surface area contributed by atoms with Gasteiger partial charge < -0.3 is 0 Å². The lowest BCUT2D eigenvalue weighted by molar-refractivity contribution is 0.797. The predicted octanol–water partition coefficient (Wildman–Crippen LogP) is 2.83. The van der Waals surface area contributed by atoms with Gasteiger partial charge in [0.25, 0.3) is 0 Å². The van der Waals surface area contributed by atoms with Crippen molar-refractivity contribution >= 4 is 23.2 Å². The van der Waals surface area contributed by atoms with E-state index in [-0.39, 0.29) is 0 Å². The second-order valence-electron chi connectivity index (χ2n) is 4.38. The van der Waals surface area contributed by atoms with E-state index in [1.165, 1.54) is 12.4 Å². The highest BCUT2D eigenvalue weighted by atomic mass is 35.5. The molecule has 0 radical (unpaired) electrons. The van der Waals surface area contributed by atoms with Crippen LogP contribution >= 0.6 is 23.2 Å². The van der Waals surface area contributed by atoms with E-state index in [0.717, 1.165) is 5.69 Å². The van der Waals surface area contributed by atoms with E-state index in [2.05, 4.69) is 20.1 Å². The SMILES string of the molecule is N#Cc1cc(Cc2ncc(Cl)cn2)n(-c2ccc(Cl)nc2)n1. The molecule has 22 heavy (non-hydrogen) atoms. The van der Waals surface area contributed by atoms with Crippen LogP contribution in [0.15, 0.2) is 36.8 Å². The third kappa shape index (κ3) is 3.06. The minimum absolute atomic E-state index is 0.305. The molecule has 3 aromatic heterocycles. The Bertz CT molecular complexity index is 833. The van der Waals surface area contributed by atoms with E-state index in [0.29, 0.717) is 33.8 Å². The third-order valence-electron chi connectivity index (χ3n) is 2.87. The number of nitriles is 1. The minimum Gasteiger partial charge on any atom is -0.242 e. The maximum absolute atomic E-state index is 9.06. The van der Waals surface area contributed by atoms with Gasteiger partial charge in [-0.15, -0.1) is 0 Å². The molecule has 0 unspecified atom stereocenters. The Kier molecular flexibility index (Phi) is 4.00. The molecule has 108 valence electrons. The topological polar surface area (TPSA) is 80.3 Å². The first kappa shape index (κ1) is 14.4. The molecular weight excluding hydrogens is 323 g/mol. The summed E-state index contributed by atoms with van der Waals surface area (Å²) in [4.78, 5) is 12.3. The molecular formula is C14H8Cl2N6. The zero-order valence-corrected chi connectivity index (χ0v) is 12.6. The zero-order valence-electron chi connectivity index (χ0n) is 11.1. The third-order valence-corrected chi connectivity index (χ3v) is 3.29. The van der Waals surface area contributed by atoms with E-state index < -0.39 is 0 Å². The number of halogens is 2. The summed E-state index contributed by atoms with van der Waals surface area (Å²) in [5, 5.41) is 14.1. The molecule has 0 aliphatic rings. The lowest BCUT2D eigenvalue weighted by Gasteiger charge is -2.06. The number of nitrogens with zero attached hydrogens (tertiary/aromatic N) is 6. The number of aromatic nitrogens is 5. The second kappa shape index (κ2) is 6.10. The van der Waals surface area contributed by atoms with E-state index in [1.807, 2.05) is 6.07 Å². The fourth-order valence-electron chi connectivity index (χ4n) is 1.91. The monoisotopic (exact) mass is 330 g/mol. The van der Waals surface area contributed by atoms with Crippen LogP contribution in [0.4, 0.5) is 0 Å². The van der Waals surface area contributed by atoms with Crippen molar-refractivity contribution in [1.82, 2.24) is 24.7 Å². The Morgan fingerprint density at radius 1 is 1.09 bits per heavy atom. The Labute approximate surface area is 136 Å². The Morgan fingerprint density at radius 2 is 1.86 bits per heavy atom. The van der Waals surface area contributed by atoms with Crippen LogP contribution in [0, 0.1) is 11.3 Å². The molecule has 0 bridgehead atoms. The highest BCUT2D eigenvalue weighted by Crippen LogP contribution is 2.16. The quantitative estimate of drug-likeness (QED) is 0.690. The molecule has 0 amide bonds. The molecule has 8 heteroatoms. The van der Waals surface area contributed by atoms with E-state index in [1.54, 1.807) is 29.1 Å². The van der Waals surface area contributed by atoms with Crippen LogP contribution < -0.4 is 0 Å². The van der Waals surface area contributed by atoms with Crippen molar-refractivity contribution in [2.45, 2.75) is 6.42 Å². The molecule has 0 aliphatic heterocycles. The number of hydrogen-bond acceptors (Lipinski definition) is 5. The Morgan fingerprint density at radius 3 is 2.50 bits per heavy atom. The molecule has 0 spiro atoms. The van der Waals surface area contributed by atoms with Gasteiger partial charge >= 0.3 is 0 Å². The maximum atomic E-state index is 9.06. The molecule has 0 saturated carbocycles. The van der Waals surface area contributed by atoms with Gasteiger partial charge in [-0.1, -0.05) is 23.2 Å². The van der Waals surface area contributed by atoms with E-state index in [9.17, 15) is 0 Å². The molecule has 3 rings (SSSR count). The molecule has 3 aromatic rings. The molecule has 0 N–H and O–H groups in total. The van der Waals surface area contributed by atoms with Crippen molar-refractivity contribution in [1.29, 1.82) is 5.26 Å². The maximum Gasteiger partial charge on any atom is 0.163 e. The first-order chi connectivity index (χ1) is 10.7. The van der Waals surface area contributed by atoms with Crippen LogP contribution in [-0.4, -0.2) is 24.7 Å². The van der Waals surface area contributed by atoms with Crippen LogP contribution in [0.5, 0.6) is 0 Å². The summed E-state index contributed by atoms with van der Waals surface area (Å²) >= 11 is 11.6. The Hall–Kier alpha value is -2.49. The van der Waals surface area contributed by atoms with Crippen molar-refractivity contribution < 1.29 is 0 Å². The standard InChI is InChI=1S/C14H8Cl2N6/c15-9-6-19-14(20-7-9)4-12-3-10(5-17)21-22(12)11-1-2-13(16)18-8-11/h1-3,6-8H,4H2. The minimum atomic E-state index is 0.305. The molecule has 3 heterocycles. The first-order valence-electron chi connectivity index (χ1n) is 6.23. The van der Waals surface area contributed by atoms with Gasteiger partial charge in [0.2, 0.25) is 0 Å². The van der Waals surface area contributed by atoms with Crippen molar-refractivity contribution in [2.24, 2.45) is 0 Å². The largest absolute Gasteiger partial charge is 0.242 e. The van der Waals surface area contributed by atoms with E-state index >= 15 is 0 Å². The van der Waals surface area contributed by atoms with Gasteiger partial charge in [0, 0.05) is 12.4 Å². The van der Waals surface area contributed by atoms with Gasteiger partial charge in [0.05, 0.1) is 29.0 Å². The average molecular weight is 331 g/mol.